The van der Waals surface area contributed by atoms with E-state index in [4.69, 9.17) is 16.3 Å². The van der Waals surface area contributed by atoms with Crippen molar-refractivity contribution in [3.05, 3.63) is 28.8 Å². The second-order valence-corrected chi connectivity index (χ2v) is 5.73. The van der Waals surface area contributed by atoms with Crippen molar-refractivity contribution in [3.63, 3.8) is 0 Å². The molecule has 1 aromatic carbocycles. The summed E-state index contributed by atoms with van der Waals surface area (Å²) in [5, 5.41) is 4.29. The molecule has 19 heavy (non-hydrogen) atoms. The smallest absolute Gasteiger partial charge is 0.308 e. The predicted octanol–water partition coefficient (Wildman–Crippen LogP) is 3.58. The monoisotopic (exact) mass is 279 g/mol. The topological polar surface area (TPSA) is 38.3 Å². The molecule has 0 amide bonds. The maximum absolute atomic E-state index is 11.9. The van der Waals surface area contributed by atoms with Crippen LogP contribution in [0.3, 0.4) is 0 Å². The van der Waals surface area contributed by atoms with Gasteiger partial charge in [-0.1, -0.05) is 23.7 Å². The Kier molecular flexibility index (Phi) is 3.40. The molecule has 3 unspecified atom stereocenters. The molecule has 102 valence electrons. The Labute approximate surface area is 118 Å². The van der Waals surface area contributed by atoms with Crippen molar-refractivity contribution in [1.29, 1.82) is 0 Å². The Morgan fingerprint density at radius 1 is 1.47 bits per heavy atom. The van der Waals surface area contributed by atoms with Crippen LogP contribution in [0.5, 0.6) is 0 Å². The maximum Gasteiger partial charge on any atom is 0.308 e. The molecule has 3 atom stereocenters. The zero-order valence-electron chi connectivity index (χ0n) is 11.0. The highest BCUT2D eigenvalue weighted by molar-refractivity contribution is 6.33. The Balaban J connectivity index is 1.81. The van der Waals surface area contributed by atoms with Gasteiger partial charge >= 0.3 is 5.97 Å². The first-order chi connectivity index (χ1) is 9.20. The molecule has 0 saturated heterocycles. The number of hydrogen-bond donors (Lipinski definition) is 1. The third-order valence-electron chi connectivity index (χ3n) is 4.25. The van der Waals surface area contributed by atoms with Gasteiger partial charge in [0.2, 0.25) is 0 Å². The van der Waals surface area contributed by atoms with Gasteiger partial charge in [0.05, 0.1) is 23.2 Å². The molecule has 1 aliphatic heterocycles. The van der Waals surface area contributed by atoms with Crippen LogP contribution < -0.4 is 5.32 Å². The molecular weight excluding hydrogens is 262 g/mol. The van der Waals surface area contributed by atoms with Gasteiger partial charge in [0.1, 0.15) is 0 Å². The number of fused-ring (bicyclic) bond motifs is 3. The van der Waals surface area contributed by atoms with Gasteiger partial charge in [-0.25, -0.2) is 0 Å². The number of anilines is 1. The molecule has 0 bridgehead atoms. The van der Waals surface area contributed by atoms with Gasteiger partial charge in [-0.05, 0) is 37.8 Å². The molecule has 1 heterocycles. The SMILES string of the molecule is CCOC(=O)C1CCC2Nc3c(Cl)cccc3C2C1. The minimum Gasteiger partial charge on any atom is -0.466 e. The average molecular weight is 280 g/mol. The fourth-order valence-corrected chi connectivity index (χ4v) is 3.59. The van der Waals surface area contributed by atoms with E-state index in [-0.39, 0.29) is 11.9 Å². The number of rotatable bonds is 2. The second kappa shape index (κ2) is 5.04. The van der Waals surface area contributed by atoms with Crippen molar-refractivity contribution < 1.29 is 9.53 Å². The van der Waals surface area contributed by atoms with Crippen molar-refractivity contribution in [3.8, 4) is 0 Å². The van der Waals surface area contributed by atoms with E-state index in [0.717, 1.165) is 30.0 Å². The number of nitrogens with one attached hydrogen (secondary N) is 1. The fourth-order valence-electron chi connectivity index (χ4n) is 3.35. The molecule has 0 aromatic heterocycles. The summed E-state index contributed by atoms with van der Waals surface area (Å²) in [6, 6.07) is 6.43. The second-order valence-electron chi connectivity index (χ2n) is 5.32. The number of para-hydroxylation sites is 1. The first-order valence-electron chi connectivity index (χ1n) is 6.92. The minimum atomic E-state index is -0.0450. The van der Waals surface area contributed by atoms with E-state index in [1.807, 2.05) is 19.1 Å². The van der Waals surface area contributed by atoms with Crippen LogP contribution in [-0.4, -0.2) is 18.6 Å². The van der Waals surface area contributed by atoms with E-state index in [2.05, 4.69) is 11.4 Å². The van der Waals surface area contributed by atoms with Crippen molar-refractivity contribution >= 4 is 23.3 Å². The van der Waals surface area contributed by atoms with Crippen LogP contribution >= 0.6 is 11.6 Å². The lowest BCUT2D eigenvalue weighted by Crippen LogP contribution is -2.32. The molecule has 3 nitrogen and oxygen atoms in total. The molecule has 1 aliphatic carbocycles. The van der Waals surface area contributed by atoms with E-state index < -0.39 is 0 Å². The standard InChI is InChI=1S/C15H18ClNO2/c1-2-19-15(18)9-6-7-13-11(8-9)10-4-3-5-12(16)14(10)17-13/h3-5,9,11,13,17H,2,6-8H2,1H3. The van der Waals surface area contributed by atoms with E-state index in [1.54, 1.807) is 0 Å². The quantitative estimate of drug-likeness (QED) is 0.841. The lowest BCUT2D eigenvalue weighted by Gasteiger charge is -2.30. The molecule has 0 spiro atoms. The summed E-state index contributed by atoms with van der Waals surface area (Å²) in [4.78, 5) is 11.9. The minimum absolute atomic E-state index is 0.0351. The molecule has 3 rings (SSSR count). The van der Waals surface area contributed by atoms with E-state index in [1.165, 1.54) is 5.56 Å². The van der Waals surface area contributed by atoms with Gasteiger partial charge in [-0.2, -0.15) is 0 Å². The number of esters is 1. The third kappa shape index (κ3) is 2.20. The summed E-state index contributed by atoms with van der Waals surface area (Å²) in [5.74, 6) is 0.376. The number of benzene rings is 1. The Morgan fingerprint density at radius 3 is 3.11 bits per heavy atom. The number of ether oxygens (including phenoxy) is 1. The number of carbonyl (C=O) groups is 1. The van der Waals surface area contributed by atoms with E-state index in [0.29, 0.717) is 18.6 Å². The normalized spacial score (nSPS) is 28.2. The average Bonchev–Trinajstić information content (AvgIpc) is 2.78. The molecule has 1 saturated carbocycles. The van der Waals surface area contributed by atoms with Crippen molar-refractivity contribution in [2.24, 2.45) is 5.92 Å². The summed E-state index contributed by atoms with van der Waals surface area (Å²) < 4.78 is 5.16. The summed E-state index contributed by atoms with van der Waals surface area (Å²) in [5.41, 5.74) is 2.31. The summed E-state index contributed by atoms with van der Waals surface area (Å²) >= 11 is 6.23. The van der Waals surface area contributed by atoms with Gasteiger partial charge < -0.3 is 10.1 Å². The van der Waals surface area contributed by atoms with Crippen LogP contribution in [0.4, 0.5) is 5.69 Å². The van der Waals surface area contributed by atoms with Crippen LogP contribution in [0.1, 0.15) is 37.7 Å². The molecule has 4 heteroatoms. The van der Waals surface area contributed by atoms with Crippen molar-refractivity contribution in [2.45, 2.75) is 38.1 Å². The van der Waals surface area contributed by atoms with Gasteiger partial charge in [0.15, 0.2) is 0 Å². The first-order valence-corrected chi connectivity index (χ1v) is 7.30. The van der Waals surface area contributed by atoms with Gasteiger partial charge in [0.25, 0.3) is 0 Å². The van der Waals surface area contributed by atoms with Gasteiger partial charge in [0, 0.05) is 12.0 Å². The van der Waals surface area contributed by atoms with Crippen molar-refractivity contribution in [2.75, 3.05) is 11.9 Å². The zero-order chi connectivity index (χ0) is 13.4. The van der Waals surface area contributed by atoms with Crippen LogP contribution in [0, 0.1) is 5.92 Å². The zero-order valence-corrected chi connectivity index (χ0v) is 11.7. The Hall–Kier alpha value is -1.22. The number of halogens is 1. The van der Waals surface area contributed by atoms with Crippen LogP contribution in [0.15, 0.2) is 18.2 Å². The largest absolute Gasteiger partial charge is 0.466 e. The molecular formula is C15H18ClNO2. The van der Waals surface area contributed by atoms with Gasteiger partial charge in [-0.15, -0.1) is 0 Å². The third-order valence-corrected chi connectivity index (χ3v) is 4.56. The molecule has 1 N–H and O–H groups in total. The Morgan fingerprint density at radius 2 is 2.32 bits per heavy atom. The lowest BCUT2D eigenvalue weighted by molar-refractivity contribution is -0.149. The van der Waals surface area contributed by atoms with E-state index >= 15 is 0 Å². The fraction of sp³-hybridized carbons (Fsp3) is 0.533. The number of carbonyl (C=O) groups excluding carboxylic acids is 1. The molecule has 1 fully saturated rings. The summed E-state index contributed by atoms with van der Waals surface area (Å²) in [6.07, 6.45) is 2.77. The summed E-state index contributed by atoms with van der Waals surface area (Å²) in [7, 11) is 0. The van der Waals surface area contributed by atoms with E-state index in [9.17, 15) is 4.79 Å². The maximum atomic E-state index is 11.9. The molecule has 1 aromatic rings. The van der Waals surface area contributed by atoms with Crippen LogP contribution in [-0.2, 0) is 9.53 Å². The Bertz CT molecular complexity index is 503. The highest BCUT2D eigenvalue weighted by Crippen LogP contribution is 2.48. The van der Waals surface area contributed by atoms with Crippen LogP contribution in [0.25, 0.3) is 0 Å². The summed E-state index contributed by atoms with van der Waals surface area (Å²) in [6.45, 7) is 2.32. The lowest BCUT2D eigenvalue weighted by atomic mass is 9.77. The highest BCUT2D eigenvalue weighted by atomic mass is 35.5. The number of hydrogen-bond acceptors (Lipinski definition) is 3. The first kappa shape index (κ1) is 12.8. The predicted molar refractivity (Wildman–Crippen MR) is 75.6 cm³/mol. The molecule has 0 radical (unpaired) electrons. The highest BCUT2D eigenvalue weighted by Gasteiger charge is 2.40. The van der Waals surface area contributed by atoms with Crippen LogP contribution in [0.2, 0.25) is 5.02 Å². The molecule has 2 aliphatic rings. The van der Waals surface area contributed by atoms with Crippen molar-refractivity contribution in [1.82, 2.24) is 0 Å². The van der Waals surface area contributed by atoms with Gasteiger partial charge in [-0.3, -0.25) is 4.79 Å².